The number of hydrogen-bond donors (Lipinski definition) is 1. The molecule has 0 atom stereocenters. The maximum Gasteiger partial charge on any atom is 0.438 e. The van der Waals surface area contributed by atoms with Crippen LogP contribution in [0.25, 0.3) is 0 Å². The lowest BCUT2D eigenvalue weighted by Crippen LogP contribution is -2.75. The van der Waals surface area contributed by atoms with Crippen LogP contribution in [-0.2, 0) is 9.53 Å². The predicted molar refractivity (Wildman–Crippen MR) is 67.7 cm³/mol. The number of ether oxygens (including phenoxy) is 1. The van der Waals surface area contributed by atoms with E-state index in [9.17, 15) is 70.7 Å². The lowest BCUT2D eigenvalue weighted by atomic mass is 9.85. The number of aliphatic hydroxyl groups excluding tert-OH is 1. The van der Waals surface area contributed by atoms with Gasteiger partial charge in [-0.25, -0.2) is 9.18 Å². The number of carbonyl (C=O) groups excluding carboxylic acids is 1. The Kier molecular flexibility index (Phi) is 7.61. The minimum Gasteiger partial charge on any atom is -0.502 e. The molecule has 0 aromatic heterocycles. The Morgan fingerprint density at radius 2 is 1.13 bits per heavy atom. The fourth-order valence-electron chi connectivity index (χ4n) is 1.73. The average molecular weight is 498 g/mol. The summed E-state index contributed by atoms with van der Waals surface area (Å²) in [5, 5.41) is 8.84. The van der Waals surface area contributed by atoms with Crippen molar-refractivity contribution in [2.45, 2.75) is 55.1 Å². The van der Waals surface area contributed by atoms with E-state index in [1.165, 1.54) is 6.92 Å². The Balaban J connectivity index is 6.65. The average Bonchev–Trinajstić information content (AvgIpc) is 2.55. The molecule has 0 spiro atoms. The van der Waals surface area contributed by atoms with Gasteiger partial charge in [0.15, 0.2) is 0 Å². The lowest BCUT2D eigenvalue weighted by molar-refractivity contribution is -0.454. The highest BCUT2D eigenvalue weighted by Crippen LogP contribution is 2.63. The summed E-state index contributed by atoms with van der Waals surface area (Å²) in [6.07, 6.45) is -18.0. The summed E-state index contributed by atoms with van der Waals surface area (Å²) in [6.45, 7) is 0.582. The summed E-state index contributed by atoms with van der Waals surface area (Å²) in [6, 6.07) is 0. The zero-order valence-electron chi connectivity index (χ0n) is 14.4. The van der Waals surface area contributed by atoms with Crippen LogP contribution in [0.3, 0.4) is 0 Å². The summed E-state index contributed by atoms with van der Waals surface area (Å²) in [5.41, 5.74) is -8.41. The van der Waals surface area contributed by atoms with E-state index < -0.39 is 66.1 Å². The molecule has 0 amide bonds. The number of rotatable bonds is 8. The number of carbonyl (C=O) groups is 1. The van der Waals surface area contributed by atoms with E-state index in [0.717, 1.165) is 0 Å². The van der Waals surface area contributed by atoms with E-state index in [-0.39, 0.29) is 6.42 Å². The van der Waals surface area contributed by atoms with Gasteiger partial charge in [-0.05, 0) is 6.42 Å². The van der Waals surface area contributed by atoms with Gasteiger partial charge in [-0.15, -0.1) is 0 Å². The highest BCUT2D eigenvalue weighted by atomic mass is 19.4. The van der Waals surface area contributed by atoms with E-state index in [1.54, 1.807) is 0 Å². The molecule has 0 aromatic rings. The van der Waals surface area contributed by atoms with Gasteiger partial charge in [-0.3, -0.25) is 0 Å². The molecule has 31 heavy (non-hydrogen) atoms. The molecule has 0 saturated carbocycles. The van der Waals surface area contributed by atoms with Crippen molar-refractivity contribution in [2.75, 3.05) is 6.61 Å². The standard InChI is InChI=1S/C13H9F15O3/c1-2-3-31-6(30)5(29)4-7(14,15)9(17,18)11(21,22)10(19,20)8(16,12(23,24)25)13(26,27)28/h4,29H,2-3H2,1H3. The third-order valence-corrected chi connectivity index (χ3v) is 3.39. The summed E-state index contributed by atoms with van der Waals surface area (Å²) < 4.78 is 198. The maximum absolute atomic E-state index is 13.5. The highest BCUT2D eigenvalue weighted by Gasteiger charge is 2.95. The van der Waals surface area contributed by atoms with Crippen LogP contribution in [0.2, 0.25) is 0 Å². The molecule has 0 saturated heterocycles. The zero-order chi connectivity index (χ0) is 25.5. The minimum absolute atomic E-state index is 0.0800. The molecule has 0 aromatic carbocycles. The van der Waals surface area contributed by atoms with Crippen LogP contribution in [0.1, 0.15) is 13.3 Å². The van der Waals surface area contributed by atoms with Crippen molar-refractivity contribution in [1.82, 2.24) is 0 Å². The van der Waals surface area contributed by atoms with Gasteiger partial charge in [0.25, 0.3) is 0 Å². The van der Waals surface area contributed by atoms with Gasteiger partial charge in [0.1, 0.15) is 0 Å². The lowest BCUT2D eigenvalue weighted by Gasteiger charge is -2.42. The summed E-state index contributed by atoms with van der Waals surface area (Å²) in [7, 11) is 0. The van der Waals surface area contributed by atoms with Gasteiger partial charge < -0.3 is 9.84 Å². The number of allylic oxidation sites excluding steroid dienone is 1. The number of aliphatic hydroxyl groups is 1. The van der Waals surface area contributed by atoms with Gasteiger partial charge in [0.2, 0.25) is 5.76 Å². The van der Waals surface area contributed by atoms with Crippen LogP contribution >= 0.6 is 0 Å². The molecule has 184 valence electrons. The molecule has 0 rings (SSSR count). The fraction of sp³-hybridized carbons (Fsp3) is 0.769. The quantitative estimate of drug-likeness (QED) is 0.201. The van der Waals surface area contributed by atoms with E-state index in [1.807, 2.05) is 0 Å². The number of hydrogen-bond acceptors (Lipinski definition) is 3. The molecule has 0 aliphatic rings. The van der Waals surface area contributed by atoms with Crippen LogP contribution in [0, 0.1) is 0 Å². The monoisotopic (exact) mass is 498 g/mol. The third-order valence-electron chi connectivity index (χ3n) is 3.39. The second kappa shape index (κ2) is 8.14. The highest BCUT2D eigenvalue weighted by molar-refractivity contribution is 5.85. The maximum atomic E-state index is 13.5. The van der Waals surface area contributed by atoms with Gasteiger partial charge in [0.05, 0.1) is 6.61 Å². The smallest absolute Gasteiger partial charge is 0.438 e. The van der Waals surface area contributed by atoms with Crippen LogP contribution in [-0.4, -0.2) is 59.4 Å². The summed E-state index contributed by atoms with van der Waals surface area (Å²) in [5.74, 6) is -36.8. The molecule has 0 unspecified atom stereocenters. The summed E-state index contributed by atoms with van der Waals surface area (Å²) >= 11 is 0. The molecule has 0 bridgehead atoms. The SMILES string of the molecule is CCCOC(=O)C(O)=CC(F)(F)C(F)(F)C(F)(F)C(F)(F)C(F)(C(F)(F)F)C(F)(F)F. The van der Waals surface area contributed by atoms with Gasteiger partial charge in [-0.2, -0.15) is 61.5 Å². The molecule has 0 aliphatic carbocycles. The second-order valence-corrected chi connectivity index (χ2v) is 5.67. The first-order chi connectivity index (χ1) is 13.4. The van der Waals surface area contributed by atoms with E-state index >= 15 is 0 Å². The van der Waals surface area contributed by atoms with Crippen LogP contribution in [0.15, 0.2) is 11.8 Å². The minimum atomic E-state index is -8.57. The first-order valence-electron chi connectivity index (χ1n) is 7.29. The molecular formula is C13H9F15O3. The van der Waals surface area contributed by atoms with Crippen LogP contribution in [0.4, 0.5) is 65.9 Å². The van der Waals surface area contributed by atoms with Crippen LogP contribution in [0.5, 0.6) is 0 Å². The largest absolute Gasteiger partial charge is 0.502 e. The number of esters is 1. The molecule has 0 radical (unpaired) electrons. The molecule has 0 heterocycles. The van der Waals surface area contributed by atoms with Gasteiger partial charge >= 0.3 is 47.7 Å². The predicted octanol–water partition coefficient (Wildman–Crippen LogP) is 5.76. The van der Waals surface area contributed by atoms with E-state index in [0.29, 0.717) is 0 Å². The van der Waals surface area contributed by atoms with E-state index in [4.69, 9.17) is 5.11 Å². The van der Waals surface area contributed by atoms with Crippen molar-refractivity contribution in [3.05, 3.63) is 11.8 Å². The number of halogens is 15. The van der Waals surface area contributed by atoms with Crippen LogP contribution < -0.4 is 0 Å². The molecule has 0 aliphatic heterocycles. The van der Waals surface area contributed by atoms with E-state index in [2.05, 4.69) is 4.74 Å². The normalized spacial score (nSPS) is 15.8. The van der Waals surface area contributed by atoms with Crippen molar-refractivity contribution in [1.29, 1.82) is 0 Å². The molecule has 0 fully saturated rings. The van der Waals surface area contributed by atoms with Crippen molar-refractivity contribution in [2.24, 2.45) is 0 Å². The Morgan fingerprint density at radius 3 is 1.45 bits per heavy atom. The molecule has 3 nitrogen and oxygen atoms in total. The van der Waals surface area contributed by atoms with Crippen molar-refractivity contribution >= 4 is 5.97 Å². The Morgan fingerprint density at radius 1 is 0.742 bits per heavy atom. The Bertz CT molecular complexity index is 675. The van der Waals surface area contributed by atoms with Crippen molar-refractivity contribution in [3.63, 3.8) is 0 Å². The first kappa shape index (κ1) is 29.0. The Hall–Kier alpha value is -2.04. The van der Waals surface area contributed by atoms with Gasteiger partial charge in [0, 0.05) is 6.08 Å². The number of alkyl halides is 15. The first-order valence-corrected chi connectivity index (χ1v) is 7.29. The third kappa shape index (κ3) is 4.47. The second-order valence-electron chi connectivity index (χ2n) is 5.67. The zero-order valence-corrected chi connectivity index (χ0v) is 14.4. The summed E-state index contributed by atoms with van der Waals surface area (Å²) in [4.78, 5) is 11.0. The fourth-order valence-corrected chi connectivity index (χ4v) is 1.73. The molecular weight excluding hydrogens is 489 g/mol. The van der Waals surface area contributed by atoms with Gasteiger partial charge in [-0.1, -0.05) is 6.92 Å². The van der Waals surface area contributed by atoms with Crippen molar-refractivity contribution in [3.8, 4) is 0 Å². The Labute approximate surface area is 161 Å². The topological polar surface area (TPSA) is 46.5 Å². The molecule has 18 heteroatoms. The van der Waals surface area contributed by atoms with Crippen molar-refractivity contribution < 1.29 is 80.5 Å². The molecule has 1 N–H and O–H groups in total.